The zero-order valence-electron chi connectivity index (χ0n) is 16.2. The largest absolute Gasteiger partial charge is 0.383 e. The first-order valence-corrected chi connectivity index (χ1v) is 9.70. The number of pyridine rings is 3. The Morgan fingerprint density at radius 1 is 1.34 bits per heavy atom. The second kappa shape index (κ2) is 7.84. The number of nitriles is 1. The first-order valence-electron chi connectivity index (χ1n) is 9.70. The molecule has 29 heavy (non-hydrogen) atoms. The van der Waals surface area contributed by atoms with Crippen molar-refractivity contribution in [2.24, 2.45) is 11.8 Å². The van der Waals surface area contributed by atoms with Gasteiger partial charge in [-0.25, -0.2) is 9.97 Å². The van der Waals surface area contributed by atoms with Gasteiger partial charge >= 0.3 is 0 Å². The van der Waals surface area contributed by atoms with Crippen molar-refractivity contribution in [3.05, 3.63) is 42.4 Å². The third kappa shape index (κ3) is 4.02. The molecule has 1 amide bonds. The van der Waals surface area contributed by atoms with Crippen molar-refractivity contribution in [3.63, 3.8) is 0 Å². The minimum Gasteiger partial charge on any atom is -0.383 e. The van der Waals surface area contributed by atoms with Gasteiger partial charge in [-0.15, -0.1) is 0 Å². The lowest BCUT2D eigenvalue weighted by Crippen LogP contribution is -2.16. The van der Waals surface area contributed by atoms with Gasteiger partial charge < -0.3 is 11.1 Å². The first-order chi connectivity index (χ1) is 14.0. The van der Waals surface area contributed by atoms with Crippen molar-refractivity contribution >= 4 is 28.3 Å². The van der Waals surface area contributed by atoms with E-state index >= 15 is 0 Å². The fourth-order valence-electron chi connectivity index (χ4n) is 3.95. The lowest BCUT2D eigenvalue weighted by atomic mass is 10.0. The molecule has 0 spiro atoms. The highest BCUT2D eigenvalue weighted by molar-refractivity contribution is 5.97. The molecule has 1 aliphatic carbocycles. The Morgan fingerprint density at radius 3 is 2.97 bits per heavy atom. The molecule has 0 bridgehead atoms. The summed E-state index contributed by atoms with van der Waals surface area (Å²) in [6.45, 7) is 2.00. The van der Waals surface area contributed by atoms with E-state index in [1.165, 1.54) is 0 Å². The topological polar surface area (TPSA) is 118 Å². The Bertz CT molecular complexity index is 1120. The maximum atomic E-state index is 12.4. The van der Waals surface area contributed by atoms with Crippen LogP contribution in [0.3, 0.4) is 0 Å². The Labute approximate surface area is 169 Å². The van der Waals surface area contributed by atoms with Crippen LogP contribution in [0.5, 0.6) is 0 Å². The van der Waals surface area contributed by atoms with E-state index < -0.39 is 0 Å². The van der Waals surface area contributed by atoms with Crippen LogP contribution in [0.15, 0.2) is 36.8 Å². The van der Waals surface area contributed by atoms with Crippen molar-refractivity contribution in [1.29, 1.82) is 5.26 Å². The average Bonchev–Trinajstić information content (AvgIpc) is 3.15. The summed E-state index contributed by atoms with van der Waals surface area (Å²) in [5, 5.41) is 13.5. The number of aromatic nitrogens is 3. The fourth-order valence-corrected chi connectivity index (χ4v) is 3.95. The predicted molar refractivity (Wildman–Crippen MR) is 112 cm³/mol. The summed E-state index contributed by atoms with van der Waals surface area (Å²) in [7, 11) is 0. The van der Waals surface area contributed by atoms with Crippen LogP contribution in [-0.4, -0.2) is 20.9 Å². The monoisotopic (exact) mass is 386 g/mol. The maximum Gasteiger partial charge on any atom is 0.225 e. The van der Waals surface area contributed by atoms with E-state index in [0.29, 0.717) is 18.1 Å². The molecule has 3 aromatic heterocycles. The molecule has 4 rings (SSSR count). The fraction of sp³-hybridized carbons (Fsp3) is 0.318. The van der Waals surface area contributed by atoms with E-state index in [0.717, 1.165) is 46.9 Å². The van der Waals surface area contributed by atoms with Crippen molar-refractivity contribution in [1.82, 2.24) is 15.0 Å². The van der Waals surface area contributed by atoms with Crippen molar-refractivity contribution in [2.75, 3.05) is 11.1 Å². The molecule has 1 unspecified atom stereocenters. The van der Waals surface area contributed by atoms with Gasteiger partial charge in [0.05, 0.1) is 11.8 Å². The molecule has 0 saturated heterocycles. The van der Waals surface area contributed by atoms with E-state index in [4.69, 9.17) is 11.0 Å². The molecule has 0 radical (unpaired) electrons. The number of nitrogen functional groups attached to an aromatic ring is 1. The van der Waals surface area contributed by atoms with Gasteiger partial charge in [0.2, 0.25) is 5.91 Å². The smallest absolute Gasteiger partial charge is 0.225 e. The number of aryl methyl sites for hydroxylation is 1. The SMILES string of the molecule is Cc1ccncc1-c1cc2cc(NC(=O)C[C@@H]3CCC(C#N)C3)ncc2c(N)n1. The number of amides is 1. The van der Waals surface area contributed by atoms with Crippen LogP contribution < -0.4 is 11.1 Å². The highest BCUT2D eigenvalue weighted by Gasteiger charge is 2.26. The average molecular weight is 386 g/mol. The van der Waals surface area contributed by atoms with Gasteiger partial charge in [0.15, 0.2) is 0 Å². The van der Waals surface area contributed by atoms with Gasteiger partial charge in [0.1, 0.15) is 11.6 Å². The molecule has 7 nitrogen and oxygen atoms in total. The summed E-state index contributed by atoms with van der Waals surface area (Å²) < 4.78 is 0. The summed E-state index contributed by atoms with van der Waals surface area (Å²) >= 11 is 0. The Balaban J connectivity index is 1.56. The third-order valence-electron chi connectivity index (χ3n) is 5.53. The quantitative estimate of drug-likeness (QED) is 0.703. The molecule has 146 valence electrons. The molecular weight excluding hydrogens is 364 g/mol. The van der Waals surface area contributed by atoms with E-state index in [-0.39, 0.29) is 17.7 Å². The summed E-state index contributed by atoms with van der Waals surface area (Å²) in [5.41, 5.74) is 8.85. The lowest BCUT2D eigenvalue weighted by Gasteiger charge is -2.11. The minimum absolute atomic E-state index is 0.0780. The van der Waals surface area contributed by atoms with E-state index in [1.807, 2.05) is 25.1 Å². The molecule has 7 heteroatoms. The number of carbonyl (C=O) groups excluding carboxylic acids is 1. The Hall–Kier alpha value is -3.53. The molecule has 0 aromatic carbocycles. The molecular formula is C22H22N6O. The molecule has 2 atom stereocenters. The van der Waals surface area contributed by atoms with E-state index in [2.05, 4.69) is 26.3 Å². The van der Waals surface area contributed by atoms with E-state index in [9.17, 15) is 4.79 Å². The number of nitrogens with two attached hydrogens (primary N) is 1. The molecule has 3 aromatic rings. The van der Waals surface area contributed by atoms with Crippen molar-refractivity contribution in [2.45, 2.75) is 32.6 Å². The summed E-state index contributed by atoms with van der Waals surface area (Å²) in [4.78, 5) is 25.4. The van der Waals surface area contributed by atoms with Crippen LogP contribution in [-0.2, 0) is 4.79 Å². The van der Waals surface area contributed by atoms with Crippen LogP contribution in [0, 0.1) is 30.1 Å². The van der Waals surface area contributed by atoms with Gasteiger partial charge in [-0.2, -0.15) is 5.26 Å². The minimum atomic E-state index is -0.0780. The Morgan fingerprint density at radius 2 is 2.21 bits per heavy atom. The molecule has 0 aliphatic heterocycles. The summed E-state index contributed by atoms with van der Waals surface area (Å²) in [5.74, 6) is 1.14. The van der Waals surface area contributed by atoms with Gasteiger partial charge in [-0.05, 0) is 61.3 Å². The second-order valence-corrected chi connectivity index (χ2v) is 7.63. The van der Waals surface area contributed by atoms with Crippen LogP contribution in [0.4, 0.5) is 11.6 Å². The van der Waals surface area contributed by atoms with E-state index in [1.54, 1.807) is 18.6 Å². The Kier molecular flexibility index (Phi) is 5.09. The van der Waals surface area contributed by atoms with Crippen LogP contribution in [0.25, 0.3) is 22.0 Å². The number of rotatable bonds is 4. The molecule has 3 N–H and O–H groups in total. The van der Waals surface area contributed by atoms with Gasteiger partial charge in [-0.1, -0.05) is 0 Å². The zero-order chi connectivity index (χ0) is 20.4. The highest BCUT2D eigenvalue weighted by Crippen LogP contribution is 2.33. The molecule has 3 heterocycles. The normalized spacial score (nSPS) is 18.5. The van der Waals surface area contributed by atoms with Gasteiger partial charge in [0, 0.05) is 41.9 Å². The van der Waals surface area contributed by atoms with Crippen molar-refractivity contribution < 1.29 is 4.79 Å². The standard InChI is InChI=1S/C22H22N6O/c1-13-4-5-25-11-17(13)19-8-16-9-20(26-12-18(16)22(24)27-19)28-21(29)7-14-2-3-15(6-14)10-23/h4-5,8-9,11-12,14-15H,2-3,6-7H2,1H3,(H2,24,27)(H,26,28,29)/t14-,15?/m1/s1. The highest BCUT2D eigenvalue weighted by atomic mass is 16.1. The second-order valence-electron chi connectivity index (χ2n) is 7.63. The number of hydrogen-bond donors (Lipinski definition) is 2. The number of fused-ring (bicyclic) bond motifs is 1. The number of nitrogens with one attached hydrogen (secondary N) is 1. The molecule has 1 saturated carbocycles. The van der Waals surface area contributed by atoms with Crippen LogP contribution >= 0.6 is 0 Å². The van der Waals surface area contributed by atoms with Crippen LogP contribution in [0.2, 0.25) is 0 Å². The summed E-state index contributed by atoms with van der Waals surface area (Å²) in [6, 6.07) is 7.97. The number of hydrogen-bond acceptors (Lipinski definition) is 6. The first kappa shape index (κ1) is 18.8. The lowest BCUT2D eigenvalue weighted by molar-refractivity contribution is -0.117. The van der Waals surface area contributed by atoms with Gasteiger partial charge in [0.25, 0.3) is 0 Å². The molecule has 1 fully saturated rings. The third-order valence-corrected chi connectivity index (χ3v) is 5.53. The zero-order valence-corrected chi connectivity index (χ0v) is 16.2. The molecule has 1 aliphatic rings. The number of nitrogens with zero attached hydrogens (tertiary/aromatic N) is 4. The predicted octanol–water partition coefficient (Wildman–Crippen LogP) is 3.85. The van der Waals surface area contributed by atoms with Crippen LogP contribution in [0.1, 0.15) is 31.2 Å². The van der Waals surface area contributed by atoms with Crippen molar-refractivity contribution in [3.8, 4) is 17.3 Å². The maximum absolute atomic E-state index is 12.4. The number of carbonyl (C=O) groups is 1. The summed E-state index contributed by atoms with van der Waals surface area (Å²) in [6.07, 6.45) is 8.15. The van der Waals surface area contributed by atoms with Gasteiger partial charge in [-0.3, -0.25) is 9.78 Å². The number of anilines is 2.